The van der Waals surface area contributed by atoms with Gasteiger partial charge in [0.1, 0.15) is 17.1 Å². The number of para-hydroxylation sites is 1. The van der Waals surface area contributed by atoms with Crippen LogP contribution in [0.3, 0.4) is 0 Å². The van der Waals surface area contributed by atoms with Gasteiger partial charge in [-0.25, -0.2) is 0 Å². The lowest BCUT2D eigenvalue weighted by atomic mass is 9.89. The summed E-state index contributed by atoms with van der Waals surface area (Å²) in [4.78, 5) is 26.8. The highest BCUT2D eigenvalue weighted by Crippen LogP contribution is 2.38. The van der Waals surface area contributed by atoms with Crippen molar-refractivity contribution in [3.05, 3.63) is 47.3 Å². The third-order valence-electron chi connectivity index (χ3n) is 4.87. The van der Waals surface area contributed by atoms with Crippen molar-refractivity contribution in [1.29, 1.82) is 0 Å². The zero-order chi connectivity index (χ0) is 17.4. The maximum atomic E-state index is 12.7. The molecule has 1 unspecified atom stereocenters. The second-order valence-corrected chi connectivity index (χ2v) is 6.79. The van der Waals surface area contributed by atoms with Gasteiger partial charge in [-0.2, -0.15) is 0 Å². The number of amides is 1. The molecular formula is C19H20N2O4. The first kappa shape index (κ1) is 15.9. The lowest BCUT2D eigenvalue weighted by Crippen LogP contribution is -2.45. The SMILES string of the molecule is CCCc1cc(C(=O)N2CCC3(CC(=O)c4ccccc4O3)C2)no1. The van der Waals surface area contributed by atoms with Crippen molar-refractivity contribution in [2.75, 3.05) is 13.1 Å². The molecule has 130 valence electrons. The lowest BCUT2D eigenvalue weighted by molar-refractivity contribution is 0.0426. The number of benzene rings is 1. The number of Topliss-reactive ketones (excluding diaryl/α,β-unsaturated/α-hetero) is 1. The minimum absolute atomic E-state index is 0.0721. The molecule has 6 nitrogen and oxygen atoms in total. The van der Waals surface area contributed by atoms with Gasteiger partial charge in [0, 0.05) is 25.5 Å². The van der Waals surface area contributed by atoms with Gasteiger partial charge in [-0.1, -0.05) is 24.2 Å². The van der Waals surface area contributed by atoms with Gasteiger partial charge in [0.2, 0.25) is 0 Å². The molecular weight excluding hydrogens is 320 g/mol. The molecule has 1 fully saturated rings. The van der Waals surface area contributed by atoms with Crippen LogP contribution in [0.1, 0.15) is 52.8 Å². The van der Waals surface area contributed by atoms with E-state index in [9.17, 15) is 9.59 Å². The summed E-state index contributed by atoms with van der Waals surface area (Å²) in [6, 6.07) is 8.99. The summed E-state index contributed by atoms with van der Waals surface area (Å²) in [7, 11) is 0. The van der Waals surface area contributed by atoms with E-state index in [0.717, 1.165) is 18.6 Å². The molecule has 1 saturated heterocycles. The number of aromatic nitrogens is 1. The van der Waals surface area contributed by atoms with E-state index in [1.165, 1.54) is 0 Å². The van der Waals surface area contributed by atoms with Crippen LogP contribution in [0.25, 0.3) is 0 Å². The van der Waals surface area contributed by atoms with Gasteiger partial charge in [0.05, 0.1) is 18.5 Å². The van der Waals surface area contributed by atoms with Crippen molar-refractivity contribution in [1.82, 2.24) is 10.1 Å². The fraction of sp³-hybridized carbons (Fsp3) is 0.421. The Morgan fingerprint density at radius 1 is 1.36 bits per heavy atom. The quantitative estimate of drug-likeness (QED) is 0.859. The van der Waals surface area contributed by atoms with Crippen LogP contribution in [-0.2, 0) is 6.42 Å². The molecule has 4 rings (SSSR count). The molecule has 6 heteroatoms. The average molecular weight is 340 g/mol. The zero-order valence-electron chi connectivity index (χ0n) is 14.2. The molecule has 25 heavy (non-hydrogen) atoms. The molecule has 0 radical (unpaired) electrons. The van der Waals surface area contributed by atoms with Crippen LogP contribution in [0.4, 0.5) is 0 Å². The minimum atomic E-state index is -0.628. The Hall–Kier alpha value is -2.63. The van der Waals surface area contributed by atoms with Crippen molar-refractivity contribution in [3.63, 3.8) is 0 Å². The van der Waals surface area contributed by atoms with Crippen LogP contribution in [0.15, 0.2) is 34.9 Å². The van der Waals surface area contributed by atoms with Crippen LogP contribution < -0.4 is 4.74 Å². The number of aryl methyl sites for hydroxylation is 1. The standard InChI is InChI=1S/C19H20N2O4/c1-2-5-13-10-15(20-25-13)18(23)21-9-8-19(12-21)11-16(22)14-6-3-4-7-17(14)24-19/h3-4,6-7,10H,2,5,8-9,11-12H2,1H3. The van der Waals surface area contributed by atoms with E-state index in [1.807, 2.05) is 25.1 Å². The number of ketones is 1. The molecule has 2 aliphatic heterocycles. The number of ether oxygens (including phenoxy) is 1. The fourth-order valence-electron chi connectivity index (χ4n) is 3.63. The summed E-state index contributed by atoms with van der Waals surface area (Å²) < 4.78 is 11.4. The van der Waals surface area contributed by atoms with E-state index in [4.69, 9.17) is 9.26 Å². The largest absolute Gasteiger partial charge is 0.484 e. The van der Waals surface area contributed by atoms with Gasteiger partial charge in [0.15, 0.2) is 11.5 Å². The number of hydrogen-bond acceptors (Lipinski definition) is 5. The van der Waals surface area contributed by atoms with Crippen molar-refractivity contribution >= 4 is 11.7 Å². The monoisotopic (exact) mass is 340 g/mol. The van der Waals surface area contributed by atoms with E-state index in [2.05, 4.69) is 5.16 Å². The van der Waals surface area contributed by atoms with Crippen molar-refractivity contribution in [2.24, 2.45) is 0 Å². The van der Waals surface area contributed by atoms with Crippen LogP contribution in [-0.4, -0.2) is 40.4 Å². The summed E-state index contributed by atoms with van der Waals surface area (Å²) >= 11 is 0. The normalized spacial score (nSPS) is 22.1. The summed E-state index contributed by atoms with van der Waals surface area (Å²) in [5, 5.41) is 3.89. The second-order valence-electron chi connectivity index (χ2n) is 6.79. The van der Waals surface area contributed by atoms with Crippen LogP contribution in [0.5, 0.6) is 5.75 Å². The molecule has 2 aliphatic rings. The Balaban J connectivity index is 1.51. The highest BCUT2D eigenvalue weighted by atomic mass is 16.5. The number of nitrogens with zero attached hydrogens (tertiary/aromatic N) is 2. The predicted molar refractivity (Wildman–Crippen MR) is 89.8 cm³/mol. The maximum absolute atomic E-state index is 12.7. The molecule has 1 spiro atoms. The highest BCUT2D eigenvalue weighted by molar-refractivity contribution is 6.00. The van der Waals surface area contributed by atoms with Crippen molar-refractivity contribution in [3.8, 4) is 5.75 Å². The molecule has 0 N–H and O–H groups in total. The molecule has 1 aromatic heterocycles. The van der Waals surface area contributed by atoms with Gasteiger partial charge >= 0.3 is 0 Å². The maximum Gasteiger partial charge on any atom is 0.276 e. The fourth-order valence-corrected chi connectivity index (χ4v) is 3.63. The Labute approximate surface area is 145 Å². The topological polar surface area (TPSA) is 72.6 Å². The van der Waals surface area contributed by atoms with Gasteiger partial charge in [0.25, 0.3) is 5.91 Å². The van der Waals surface area contributed by atoms with Crippen LogP contribution >= 0.6 is 0 Å². The third-order valence-corrected chi connectivity index (χ3v) is 4.87. The van der Waals surface area contributed by atoms with E-state index in [0.29, 0.717) is 42.9 Å². The van der Waals surface area contributed by atoms with Crippen molar-refractivity contribution in [2.45, 2.75) is 38.2 Å². The zero-order valence-corrected chi connectivity index (χ0v) is 14.2. The summed E-state index contributed by atoms with van der Waals surface area (Å²) in [5.41, 5.74) is 0.318. The third kappa shape index (κ3) is 2.81. The molecule has 0 saturated carbocycles. The molecule has 0 aliphatic carbocycles. The predicted octanol–water partition coefficient (Wildman–Crippen LogP) is 2.88. The molecule has 1 aromatic carbocycles. The molecule has 2 aromatic rings. The van der Waals surface area contributed by atoms with Crippen LogP contribution in [0, 0.1) is 0 Å². The first-order valence-electron chi connectivity index (χ1n) is 8.66. The van der Waals surface area contributed by atoms with E-state index < -0.39 is 5.60 Å². The Morgan fingerprint density at radius 2 is 2.20 bits per heavy atom. The first-order chi connectivity index (χ1) is 12.1. The number of hydrogen-bond donors (Lipinski definition) is 0. The molecule has 3 heterocycles. The molecule has 1 amide bonds. The number of rotatable bonds is 3. The Bertz CT molecular complexity index is 828. The smallest absolute Gasteiger partial charge is 0.276 e. The average Bonchev–Trinajstić information content (AvgIpc) is 3.22. The molecule has 1 atom stereocenters. The van der Waals surface area contributed by atoms with E-state index in [-0.39, 0.29) is 11.7 Å². The minimum Gasteiger partial charge on any atom is -0.484 e. The van der Waals surface area contributed by atoms with Gasteiger partial charge in [-0.15, -0.1) is 0 Å². The number of fused-ring (bicyclic) bond motifs is 1. The van der Waals surface area contributed by atoms with Crippen molar-refractivity contribution < 1.29 is 18.8 Å². The van der Waals surface area contributed by atoms with E-state index >= 15 is 0 Å². The summed E-state index contributed by atoms with van der Waals surface area (Å²) in [6.07, 6.45) is 2.63. The number of carbonyl (C=O) groups is 2. The number of likely N-dealkylation sites (tertiary alicyclic amines) is 1. The van der Waals surface area contributed by atoms with Gasteiger partial charge in [-0.05, 0) is 18.6 Å². The van der Waals surface area contributed by atoms with E-state index in [1.54, 1.807) is 17.0 Å². The highest BCUT2D eigenvalue weighted by Gasteiger charge is 2.47. The first-order valence-corrected chi connectivity index (χ1v) is 8.66. The van der Waals surface area contributed by atoms with Gasteiger partial charge in [-0.3, -0.25) is 9.59 Å². The summed E-state index contributed by atoms with van der Waals surface area (Å²) in [6.45, 7) is 2.98. The molecule has 0 bridgehead atoms. The van der Waals surface area contributed by atoms with Gasteiger partial charge < -0.3 is 14.2 Å². The lowest BCUT2D eigenvalue weighted by Gasteiger charge is -2.34. The second kappa shape index (κ2) is 6.02. The van der Waals surface area contributed by atoms with Crippen LogP contribution in [0.2, 0.25) is 0 Å². The Kier molecular flexibility index (Phi) is 3.82. The number of carbonyl (C=O) groups excluding carboxylic acids is 2. The Morgan fingerprint density at radius 3 is 3.04 bits per heavy atom. The summed E-state index contributed by atoms with van der Waals surface area (Å²) in [5.74, 6) is 1.23.